The normalized spacial score (nSPS) is 32.2. The number of nitrogens with one attached hydrogen (secondary N) is 1. The van der Waals surface area contributed by atoms with E-state index in [1.807, 2.05) is 12.4 Å². The van der Waals surface area contributed by atoms with Crippen LogP contribution >= 0.6 is 0 Å². The zero-order valence-corrected chi connectivity index (χ0v) is 13.0. The number of hydrogen-bond donors (Lipinski definition) is 1. The Morgan fingerprint density at radius 1 is 1.24 bits per heavy atom. The number of carbonyl (C=O) groups is 1. The van der Waals surface area contributed by atoms with E-state index in [-0.39, 0.29) is 5.91 Å². The lowest BCUT2D eigenvalue weighted by molar-refractivity contribution is -0.118. The molecule has 2 aliphatic rings. The second-order valence-corrected chi connectivity index (χ2v) is 6.85. The van der Waals surface area contributed by atoms with E-state index in [1.165, 1.54) is 25.7 Å². The minimum absolute atomic E-state index is 0.0640. The van der Waals surface area contributed by atoms with Crippen LogP contribution in [0.5, 0.6) is 0 Å². The lowest BCUT2D eigenvalue weighted by Gasteiger charge is -2.26. The zero-order valence-electron chi connectivity index (χ0n) is 13.0. The van der Waals surface area contributed by atoms with Crippen LogP contribution in [0, 0.1) is 11.8 Å². The molecule has 3 rings (SSSR count). The number of amides is 1. The molecule has 1 saturated carbocycles. The third kappa shape index (κ3) is 3.36. The highest BCUT2D eigenvalue weighted by atomic mass is 16.1. The molecule has 1 aliphatic heterocycles. The molecule has 0 radical (unpaired) electrons. The predicted octanol–water partition coefficient (Wildman–Crippen LogP) is 3.17. The first-order valence-corrected chi connectivity index (χ1v) is 8.14. The summed E-state index contributed by atoms with van der Waals surface area (Å²) in [6.07, 6.45) is 11.9. The van der Waals surface area contributed by atoms with Crippen LogP contribution in [-0.2, 0) is 4.79 Å². The number of aromatic nitrogens is 2. The third-order valence-corrected chi connectivity index (χ3v) is 4.82. The average molecular weight is 287 g/mol. The molecule has 4 heteroatoms. The van der Waals surface area contributed by atoms with Gasteiger partial charge in [0.2, 0.25) is 5.91 Å². The van der Waals surface area contributed by atoms with E-state index in [2.05, 4.69) is 34.9 Å². The molecule has 1 amide bonds. The van der Waals surface area contributed by atoms with Gasteiger partial charge in [0, 0.05) is 24.4 Å². The van der Waals surface area contributed by atoms with E-state index in [1.54, 1.807) is 0 Å². The Labute approximate surface area is 126 Å². The molecule has 2 fully saturated rings. The standard InChI is InChI=1S/C17H25N3O/c1-12-3-5-16(6-4-12)20-10-15(19-11-20)8-14-7-13(2)9-18-17(14)21/h8,10-13,16H,3-7,9H2,1-2H3,(H,18,21)/b14-8+/t12?,13-,16?/m0/s1. The van der Waals surface area contributed by atoms with Crippen LogP contribution in [0.25, 0.3) is 6.08 Å². The molecular formula is C17H25N3O. The van der Waals surface area contributed by atoms with Crippen LogP contribution in [0.3, 0.4) is 0 Å². The van der Waals surface area contributed by atoms with Gasteiger partial charge in [0.25, 0.3) is 0 Å². The molecule has 1 saturated heterocycles. The Bertz CT molecular complexity index is 538. The van der Waals surface area contributed by atoms with E-state index >= 15 is 0 Å². The predicted molar refractivity (Wildman–Crippen MR) is 83.7 cm³/mol. The third-order valence-electron chi connectivity index (χ3n) is 4.82. The zero-order chi connectivity index (χ0) is 14.8. The van der Waals surface area contributed by atoms with E-state index in [0.29, 0.717) is 12.0 Å². The highest BCUT2D eigenvalue weighted by Gasteiger charge is 2.21. The summed E-state index contributed by atoms with van der Waals surface area (Å²) in [4.78, 5) is 16.3. The highest BCUT2D eigenvalue weighted by Crippen LogP contribution is 2.32. The van der Waals surface area contributed by atoms with Gasteiger partial charge in [-0.05, 0) is 50.0 Å². The van der Waals surface area contributed by atoms with Gasteiger partial charge in [-0.1, -0.05) is 13.8 Å². The molecule has 1 atom stereocenters. The maximum absolute atomic E-state index is 11.9. The van der Waals surface area contributed by atoms with E-state index < -0.39 is 0 Å². The van der Waals surface area contributed by atoms with Crippen molar-refractivity contribution in [2.45, 2.75) is 52.0 Å². The fourth-order valence-corrected chi connectivity index (χ4v) is 3.39. The van der Waals surface area contributed by atoms with Crippen LogP contribution < -0.4 is 5.32 Å². The van der Waals surface area contributed by atoms with Crippen molar-refractivity contribution in [2.24, 2.45) is 11.8 Å². The van der Waals surface area contributed by atoms with Crippen molar-refractivity contribution in [2.75, 3.05) is 6.54 Å². The summed E-state index contributed by atoms with van der Waals surface area (Å²) < 4.78 is 2.24. The van der Waals surface area contributed by atoms with Crippen LogP contribution in [0.4, 0.5) is 0 Å². The molecule has 0 unspecified atom stereocenters. The number of hydrogen-bond acceptors (Lipinski definition) is 2. The molecule has 4 nitrogen and oxygen atoms in total. The fraction of sp³-hybridized carbons (Fsp3) is 0.647. The molecule has 114 valence electrons. The molecule has 0 bridgehead atoms. The summed E-state index contributed by atoms with van der Waals surface area (Å²) >= 11 is 0. The molecule has 1 aliphatic carbocycles. The second kappa shape index (κ2) is 6.04. The quantitative estimate of drug-likeness (QED) is 0.849. The van der Waals surface area contributed by atoms with Crippen LogP contribution in [0.15, 0.2) is 18.1 Å². The Balaban J connectivity index is 1.71. The first-order valence-electron chi connectivity index (χ1n) is 8.14. The topological polar surface area (TPSA) is 46.9 Å². The summed E-state index contributed by atoms with van der Waals surface area (Å²) in [5, 5.41) is 2.94. The molecule has 1 N–H and O–H groups in total. The average Bonchev–Trinajstić information content (AvgIpc) is 2.92. The second-order valence-electron chi connectivity index (χ2n) is 6.85. The first kappa shape index (κ1) is 14.4. The lowest BCUT2D eigenvalue weighted by Crippen LogP contribution is -2.35. The molecule has 0 spiro atoms. The van der Waals surface area contributed by atoms with Gasteiger partial charge in [0.15, 0.2) is 0 Å². The van der Waals surface area contributed by atoms with Crippen molar-refractivity contribution in [1.82, 2.24) is 14.9 Å². The summed E-state index contributed by atoms with van der Waals surface area (Å²) in [5.74, 6) is 1.43. The van der Waals surface area contributed by atoms with Gasteiger partial charge in [-0.25, -0.2) is 4.98 Å². The number of piperidine rings is 1. The Morgan fingerprint density at radius 2 is 2.00 bits per heavy atom. The van der Waals surface area contributed by atoms with Crippen LogP contribution in [-0.4, -0.2) is 22.0 Å². The number of imidazole rings is 1. The smallest absolute Gasteiger partial charge is 0.247 e. The summed E-state index contributed by atoms with van der Waals surface area (Å²) in [6.45, 7) is 5.28. The molecule has 0 aromatic carbocycles. The van der Waals surface area contributed by atoms with Crippen molar-refractivity contribution in [3.05, 3.63) is 23.8 Å². The number of rotatable bonds is 2. The van der Waals surface area contributed by atoms with Crippen LogP contribution in [0.1, 0.15) is 57.7 Å². The Kier molecular flexibility index (Phi) is 4.13. The maximum atomic E-state index is 11.9. The van der Waals surface area contributed by atoms with Crippen molar-refractivity contribution in [1.29, 1.82) is 0 Å². The SMILES string of the molecule is CC1CCC(n2cnc(/C=C3\C[C@H](C)CNC3=O)c2)CC1. The van der Waals surface area contributed by atoms with E-state index in [4.69, 9.17) is 0 Å². The van der Waals surface area contributed by atoms with Gasteiger partial charge in [0.1, 0.15) is 0 Å². The molecule has 2 heterocycles. The van der Waals surface area contributed by atoms with Crippen LogP contribution in [0.2, 0.25) is 0 Å². The van der Waals surface area contributed by atoms with Gasteiger partial charge >= 0.3 is 0 Å². The highest BCUT2D eigenvalue weighted by molar-refractivity contribution is 5.98. The maximum Gasteiger partial charge on any atom is 0.247 e. The van der Waals surface area contributed by atoms with Crippen molar-refractivity contribution >= 4 is 12.0 Å². The monoisotopic (exact) mass is 287 g/mol. The summed E-state index contributed by atoms with van der Waals surface area (Å²) in [5.41, 5.74) is 1.77. The van der Waals surface area contributed by atoms with Crippen molar-refractivity contribution in [3.8, 4) is 0 Å². The van der Waals surface area contributed by atoms with Gasteiger partial charge in [0.05, 0.1) is 12.0 Å². The first-order chi connectivity index (χ1) is 10.1. The Hall–Kier alpha value is -1.58. The van der Waals surface area contributed by atoms with Gasteiger partial charge in [-0.2, -0.15) is 0 Å². The van der Waals surface area contributed by atoms with Crippen molar-refractivity contribution in [3.63, 3.8) is 0 Å². The molecule has 1 aromatic heterocycles. The largest absolute Gasteiger partial charge is 0.352 e. The molecule has 21 heavy (non-hydrogen) atoms. The van der Waals surface area contributed by atoms with Gasteiger partial charge < -0.3 is 9.88 Å². The Morgan fingerprint density at radius 3 is 2.76 bits per heavy atom. The minimum Gasteiger partial charge on any atom is -0.352 e. The fourth-order valence-electron chi connectivity index (χ4n) is 3.39. The lowest BCUT2D eigenvalue weighted by atomic mass is 9.87. The number of carbonyl (C=O) groups excluding carboxylic acids is 1. The molecule has 1 aromatic rings. The van der Waals surface area contributed by atoms with E-state index in [9.17, 15) is 4.79 Å². The van der Waals surface area contributed by atoms with Gasteiger partial charge in [-0.15, -0.1) is 0 Å². The summed E-state index contributed by atoms with van der Waals surface area (Å²) in [6, 6.07) is 0.583. The summed E-state index contributed by atoms with van der Waals surface area (Å²) in [7, 11) is 0. The van der Waals surface area contributed by atoms with Gasteiger partial charge in [-0.3, -0.25) is 4.79 Å². The minimum atomic E-state index is 0.0640. The molecular weight excluding hydrogens is 262 g/mol. The number of nitrogens with zero attached hydrogens (tertiary/aromatic N) is 2. The van der Waals surface area contributed by atoms with E-state index in [0.717, 1.165) is 30.2 Å². The van der Waals surface area contributed by atoms with Crippen molar-refractivity contribution < 1.29 is 4.79 Å².